The first-order valence-electron chi connectivity index (χ1n) is 6.00. The van der Waals surface area contributed by atoms with Crippen molar-refractivity contribution in [3.8, 4) is 5.75 Å². The van der Waals surface area contributed by atoms with Crippen molar-refractivity contribution in [3.05, 3.63) is 29.3 Å². The maximum absolute atomic E-state index is 13.7. The number of nitrogens with zero attached hydrogens (tertiary/aromatic N) is 1. The lowest BCUT2D eigenvalue weighted by atomic mass is 10.0. The van der Waals surface area contributed by atoms with Gasteiger partial charge in [-0.3, -0.25) is 4.79 Å². The van der Waals surface area contributed by atoms with E-state index in [4.69, 9.17) is 0 Å². The number of phenolic OH excluding ortho intramolecular Hbond substituents is 1. The van der Waals surface area contributed by atoms with Gasteiger partial charge in [-0.05, 0) is 38.3 Å². The van der Waals surface area contributed by atoms with Crippen LogP contribution in [0.2, 0.25) is 0 Å². The Morgan fingerprint density at radius 1 is 1.39 bits per heavy atom. The highest BCUT2D eigenvalue weighted by Gasteiger charge is 2.29. The molecule has 98 valence electrons. The predicted octanol–water partition coefficient (Wildman–Crippen LogP) is 2.69. The van der Waals surface area contributed by atoms with Crippen LogP contribution in [0.25, 0.3) is 0 Å². The van der Waals surface area contributed by atoms with Gasteiger partial charge in [0.1, 0.15) is 11.4 Å². The normalized spacial score (nSPS) is 19.9. The van der Waals surface area contributed by atoms with Crippen molar-refractivity contribution >= 4 is 5.91 Å². The molecule has 0 bridgehead atoms. The van der Waals surface area contributed by atoms with Crippen molar-refractivity contribution < 1.29 is 18.7 Å². The van der Waals surface area contributed by atoms with Crippen LogP contribution in [0, 0.1) is 11.6 Å². The lowest BCUT2D eigenvalue weighted by molar-refractivity contribution is 0.0624. The van der Waals surface area contributed by atoms with Gasteiger partial charge in [0.2, 0.25) is 0 Å². The summed E-state index contributed by atoms with van der Waals surface area (Å²) in [5.41, 5.74) is -0.663. The molecule has 1 aliphatic rings. The molecule has 0 aliphatic carbocycles. The van der Waals surface area contributed by atoms with Gasteiger partial charge in [-0.15, -0.1) is 0 Å². The minimum absolute atomic E-state index is 0.0348. The van der Waals surface area contributed by atoms with E-state index in [-0.39, 0.29) is 6.04 Å². The van der Waals surface area contributed by atoms with E-state index >= 15 is 0 Å². The second-order valence-corrected chi connectivity index (χ2v) is 4.60. The molecule has 1 heterocycles. The fourth-order valence-electron chi connectivity index (χ4n) is 2.28. The second kappa shape index (κ2) is 4.92. The minimum atomic E-state index is -1.18. The molecule has 1 atom stereocenters. The molecule has 0 aromatic heterocycles. The number of halogens is 2. The summed E-state index contributed by atoms with van der Waals surface area (Å²) >= 11 is 0. The quantitative estimate of drug-likeness (QED) is 0.838. The molecule has 1 aromatic carbocycles. The van der Waals surface area contributed by atoms with E-state index in [0.29, 0.717) is 6.54 Å². The van der Waals surface area contributed by atoms with Crippen molar-refractivity contribution in [2.75, 3.05) is 6.54 Å². The Kier molecular flexibility index (Phi) is 3.50. The minimum Gasteiger partial charge on any atom is -0.505 e. The zero-order chi connectivity index (χ0) is 13.3. The van der Waals surface area contributed by atoms with E-state index in [2.05, 4.69) is 0 Å². The molecular weight excluding hydrogens is 240 g/mol. The number of hydrogen-bond acceptors (Lipinski definition) is 2. The molecule has 1 amide bonds. The van der Waals surface area contributed by atoms with Crippen LogP contribution in [0.3, 0.4) is 0 Å². The van der Waals surface area contributed by atoms with Crippen LogP contribution in [0.15, 0.2) is 12.1 Å². The smallest absolute Gasteiger partial charge is 0.260 e. The van der Waals surface area contributed by atoms with E-state index in [1.54, 1.807) is 0 Å². The standard InChI is InChI=1S/C13H15F2NO2/c1-8-4-2-3-7-16(8)13(18)11-9(14)5-6-10(17)12(11)15/h5-6,8,17H,2-4,7H2,1H3. The Bertz CT molecular complexity index is 476. The van der Waals surface area contributed by atoms with E-state index in [9.17, 15) is 18.7 Å². The predicted molar refractivity (Wildman–Crippen MR) is 62.4 cm³/mol. The molecule has 1 unspecified atom stereocenters. The molecule has 3 nitrogen and oxygen atoms in total. The maximum Gasteiger partial charge on any atom is 0.260 e. The van der Waals surface area contributed by atoms with Gasteiger partial charge in [-0.1, -0.05) is 0 Å². The number of aromatic hydroxyl groups is 1. The molecule has 0 radical (unpaired) electrons. The molecular formula is C13H15F2NO2. The third-order valence-electron chi connectivity index (χ3n) is 3.35. The van der Waals surface area contributed by atoms with Crippen molar-refractivity contribution in [1.82, 2.24) is 4.90 Å². The monoisotopic (exact) mass is 255 g/mol. The highest BCUT2D eigenvalue weighted by Crippen LogP contribution is 2.26. The average Bonchev–Trinajstić information content (AvgIpc) is 2.35. The Morgan fingerprint density at radius 2 is 2.11 bits per heavy atom. The van der Waals surface area contributed by atoms with Gasteiger partial charge >= 0.3 is 0 Å². The van der Waals surface area contributed by atoms with Crippen LogP contribution in [0.1, 0.15) is 36.5 Å². The third-order valence-corrected chi connectivity index (χ3v) is 3.35. The van der Waals surface area contributed by atoms with Gasteiger partial charge in [0, 0.05) is 12.6 Å². The summed E-state index contributed by atoms with van der Waals surface area (Å²) in [6.07, 6.45) is 2.67. The second-order valence-electron chi connectivity index (χ2n) is 4.60. The van der Waals surface area contributed by atoms with Crippen LogP contribution in [-0.2, 0) is 0 Å². The zero-order valence-corrected chi connectivity index (χ0v) is 10.1. The molecule has 0 saturated carbocycles. The van der Waals surface area contributed by atoms with Gasteiger partial charge in [0.25, 0.3) is 5.91 Å². The molecule has 5 heteroatoms. The number of likely N-dealkylation sites (tertiary alicyclic amines) is 1. The molecule has 18 heavy (non-hydrogen) atoms. The number of hydrogen-bond donors (Lipinski definition) is 1. The maximum atomic E-state index is 13.7. The van der Waals surface area contributed by atoms with Crippen molar-refractivity contribution in [2.45, 2.75) is 32.2 Å². The van der Waals surface area contributed by atoms with Gasteiger partial charge in [0.05, 0.1) is 0 Å². The molecule has 0 spiro atoms. The van der Waals surface area contributed by atoms with Crippen LogP contribution in [0.4, 0.5) is 8.78 Å². The first kappa shape index (κ1) is 12.8. The molecule has 1 fully saturated rings. The lowest BCUT2D eigenvalue weighted by Crippen LogP contribution is -2.42. The Labute approximate surface area is 104 Å². The van der Waals surface area contributed by atoms with Crippen molar-refractivity contribution in [1.29, 1.82) is 0 Å². The average molecular weight is 255 g/mol. The highest BCUT2D eigenvalue weighted by molar-refractivity contribution is 5.95. The Hall–Kier alpha value is -1.65. The van der Waals surface area contributed by atoms with Gasteiger partial charge in [-0.25, -0.2) is 8.78 Å². The third kappa shape index (κ3) is 2.17. The number of carbonyl (C=O) groups is 1. The van der Waals surface area contributed by atoms with Crippen LogP contribution in [0.5, 0.6) is 5.75 Å². The summed E-state index contributed by atoms with van der Waals surface area (Å²) < 4.78 is 27.2. The number of carbonyl (C=O) groups excluding carboxylic acids is 1. The van der Waals surface area contributed by atoms with Crippen molar-refractivity contribution in [2.24, 2.45) is 0 Å². The SMILES string of the molecule is CC1CCCCN1C(=O)c1c(F)ccc(O)c1F. The van der Waals surface area contributed by atoms with Crippen LogP contribution in [-0.4, -0.2) is 28.5 Å². The molecule has 1 aliphatic heterocycles. The molecule has 1 saturated heterocycles. The summed E-state index contributed by atoms with van der Waals surface area (Å²) in [5, 5.41) is 9.23. The fraction of sp³-hybridized carbons (Fsp3) is 0.462. The molecule has 1 N–H and O–H groups in total. The number of amides is 1. The highest BCUT2D eigenvalue weighted by atomic mass is 19.1. The van der Waals surface area contributed by atoms with E-state index < -0.39 is 28.9 Å². The zero-order valence-electron chi connectivity index (χ0n) is 10.1. The van der Waals surface area contributed by atoms with Gasteiger partial charge in [-0.2, -0.15) is 0 Å². The molecule has 2 rings (SSSR count). The number of phenols is 1. The summed E-state index contributed by atoms with van der Waals surface area (Å²) in [6.45, 7) is 2.35. The van der Waals surface area contributed by atoms with Gasteiger partial charge in [0.15, 0.2) is 11.6 Å². The fourth-order valence-corrected chi connectivity index (χ4v) is 2.28. The molecule has 1 aromatic rings. The largest absolute Gasteiger partial charge is 0.505 e. The number of piperidine rings is 1. The van der Waals surface area contributed by atoms with Gasteiger partial charge < -0.3 is 10.0 Å². The lowest BCUT2D eigenvalue weighted by Gasteiger charge is -2.33. The van der Waals surface area contributed by atoms with E-state index in [1.165, 1.54) is 4.90 Å². The summed E-state index contributed by atoms with van der Waals surface area (Å²) in [5.74, 6) is -3.51. The Morgan fingerprint density at radius 3 is 2.78 bits per heavy atom. The Balaban J connectivity index is 2.36. The number of benzene rings is 1. The van der Waals surface area contributed by atoms with Crippen molar-refractivity contribution in [3.63, 3.8) is 0 Å². The van der Waals surface area contributed by atoms with Crippen LogP contribution < -0.4 is 0 Å². The number of rotatable bonds is 1. The summed E-state index contributed by atoms with van der Waals surface area (Å²) in [4.78, 5) is 13.6. The first-order chi connectivity index (χ1) is 8.52. The summed E-state index contributed by atoms with van der Waals surface area (Å²) in [6, 6.07) is 1.77. The first-order valence-corrected chi connectivity index (χ1v) is 6.00. The van der Waals surface area contributed by atoms with Crippen LogP contribution >= 0.6 is 0 Å². The van der Waals surface area contributed by atoms with E-state index in [0.717, 1.165) is 31.4 Å². The summed E-state index contributed by atoms with van der Waals surface area (Å²) in [7, 11) is 0. The van der Waals surface area contributed by atoms with E-state index in [1.807, 2.05) is 6.92 Å². The topological polar surface area (TPSA) is 40.5 Å².